The molecule has 2 heterocycles. The minimum absolute atomic E-state index is 0.149. The summed E-state index contributed by atoms with van der Waals surface area (Å²) >= 11 is 0. The lowest BCUT2D eigenvalue weighted by molar-refractivity contribution is 0.648. The number of fused-ring (bicyclic) bond motifs is 1. The van der Waals surface area contributed by atoms with Gasteiger partial charge >= 0.3 is 0 Å². The Morgan fingerprint density at radius 3 is 2.74 bits per heavy atom. The Kier molecular flexibility index (Phi) is 4.09. The molecule has 0 bridgehead atoms. The number of aromatic nitrogens is 2. The zero-order valence-electron chi connectivity index (χ0n) is 12.1. The predicted molar refractivity (Wildman–Crippen MR) is 81.0 cm³/mol. The Morgan fingerprint density at radius 1 is 1.37 bits per heavy atom. The standard InChI is InChI=1S/C15H22N2OS/c1-5-12-6-8-17-11-16-13(14(17)10-12)7-9-19(18)15(2,3)4/h6,8,10-11H,5,7,9H2,1-4H3. The Bertz CT molecular complexity index is 596. The van der Waals surface area contributed by atoms with E-state index in [4.69, 9.17) is 0 Å². The van der Waals surface area contributed by atoms with Crippen molar-refractivity contribution in [1.29, 1.82) is 0 Å². The number of rotatable bonds is 4. The van der Waals surface area contributed by atoms with Gasteiger partial charge in [-0.05, 0) is 44.9 Å². The van der Waals surface area contributed by atoms with Gasteiger partial charge in [0, 0.05) is 33.9 Å². The van der Waals surface area contributed by atoms with Gasteiger partial charge in [-0.25, -0.2) is 4.98 Å². The lowest BCUT2D eigenvalue weighted by Crippen LogP contribution is -2.24. The van der Waals surface area contributed by atoms with Crippen molar-refractivity contribution in [2.75, 3.05) is 5.75 Å². The highest BCUT2D eigenvalue weighted by molar-refractivity contribution is 7.86. The molecule has 4 heteroatoms. The van der Waals surface area contributed by atoms with Crippen LogP contribution in [0, 0.1) is 0 Å². The number of aryl methyl sites for hydroxylation is 2. The van der Waals surface area contributed by atoms with Crippen LogP contribution in [0.1, 0.15) is 39.0 Å². The number of hydrogen-bond donors (Lipinski definition) is 0. The Morgan fingerprint density at radius 2 is 2.11 bits per heavy atom. The molecular weight excluding hydrogens is 256 g/mol. The molecule has 1 unspecified atom stereocenters. The van der Waals surface area contributed by atoms with E-state index in [-0.39, 0.29) is 4.75 Å². The third-order valence-electron chi connectivity index (χ3n) is 3.30. The van der Waals surface area contributed by atoms with Crippen molar-refractivity contribution in [1.82, 2.24) is 9.38 Å². The van der Waals surface area contributed by atoms with Crippen molar-refractivity contribution in [3.8, 4) is 0 Å². The van der Waals surface area contributed by atoms with E-state index in [1.54, 1.807) is 0 Å². The van der Waals surface area contributed by atoms with E-state index in [0.717, 1.165) is 24.1 Å². The summed E-state index contributed by atoms with van der Waals surface area (Å²) < 4.78 is 14.0. The summed E-state index contributed by atoms with van der Waals surface area (Å²) in [5.74, 6) is 0.673. The Labute approximate surface area is 117 Å². The number of nitrogens with zero attached hydrogens (tertiary/aromatic N) is 2. The number of imidazole rings is 1. The van der Waals surface area contributed by atoms with Crippen molar-refractivity contribution in [2.24, 2.45) is 0 Å². The van der Waals surface area contributed by atoms with Crippen LogP contribution in [0.5, 0.6) is 0 Å². The molecule has 0 aliphatic heterocycles. The molecular formula is C15H22N2OS. The fraction of sp³-hybridized carbons (Fsp3) is 0.533. The average molecular weight is 278 g/mol. The molecule has 0 saturated heterocycles. The second-order valence-electron chi connectivity index (χ2n) is 5.78. The first-order chi connectivity index (χ1) is 8.91. The zero-order chi connectivity index (χ0) is 14.0. The third kappa shape index (κ3) is 3.24. The van der Waals surface area contributed by atoms with Gasteiger partial charge in [0.2, 0.25) is 0 Å². The molecule has 0 N–H and O–H groups in total. The van der Waals surface area contributed by atoms with Gasteiger partial charge in [-0.15, -0.1) is 0 Å². The highest BCUT2D eigenvalue weighted by atomic mass is 32.2. The molecule has 0 aromatic carbocycles. The Hall–Kier alpha value is -1.16. The smallest absolute Gasteiger partial charge is 0.0995 e. The maximum Gasteiger partial charge on any atom is 0.0995 e. The SMILES string of the molecule is CCc1ccn2cnc(CCS(=O)C(C)(C)C)c2c1. The molecule has 1 atom stereocenters. The molecule has 104 valence electrons. The maximum atomic E-state index is 12.1. The quantitative estimate of drug-likeness (QED) is 0.861. The molecule has 0 amide bonds. The molecule has 19 heavy (non-hydrogen) atoms. The summed E-state index contributed by atoms with van der Waals surface area (Å²) in [6.45, 7) is 8.20. The highest BCUT2D eigenvalue weighted by Crippen LogP contribution is 2.16. The van der Waals surface area contributed by atoms with Gasteiger partial charge in [-0.1, -0.05) is 6.92 Å². The molecule has 0 fully saturated rings. The topological polar surface area (TPSA) is 34.4 Å². The van der Waals surface area contributed by atoms with Crippen molar-refractivity contribution in [3.63, 3.8) is 0 Å². The van der Waals surface area contributed by atoms with E-state index in [9.17, 15) is 4.21 Å². The average Bonchev–Trinajstić information content (AvgIpc) is 2.76. The molecule has 2 aromatic rings. The van der Waals surface area contributed by atoms with Crippen molar-refractivity contribution in [2.45, 2.75) is 45.3 Å². The minimum atomic E-state index is -0.821. The number of pyridine rings is 1. The molecule has 0 saturated carbocycles. The van der Waals surface area contributed by atoms with Crippen LogP contribution in [-0.2, 0) is 23.6 Å². The zero-order valence-corrected chi connectivity index (χ0v) is 13.0. The molecule has 0 aliphatic carbocycles. The van der Waals surface area contributed by atoms with Gasteiger partial charge in [-0.2, -0.15) is 0 Å². The van der Waals surface area contributed by atoms with Gasteiger partial charge in [0.05, 0.1) is 17.5 Å². The molecule has 2 aromatic heterocycles. The summed E-state index contributed by atoms with van der Waals surface area (Å²) in [6.07, 6.45) is 5.68. The first kappa shape index (κ1) is 14.3. The summed E-state index contributed by atoms with van der Waals surface area (Å²) in [7, 11) is -0.821. The van der Waals surface area contributed by atoms with Gasteiger partial charge in [0.15, 0.2) is 0 Å². The Balaban J connectivity index is 2.19. The van der Waals surface area contributed by atoms with E-state index in [1.807, 2.05) is 37.7 Å². The van der Waals surface area contributed by atoms with Crippen molar-refractivity contribution in [3.05, 3.63) is 35.9 Å². The monoisotopic (exact) mass is 278 g/mol. The van der Waals surface area contributed by atoms with Crippen LogP contribution in [0.15, 0.2) is 24.7 Å². The maximum absolute atomic E-state index is 12.1. The van der Waals surface area contributed by atoms with Crippen molar-refractivity contribution < 1.29 is 4.21 Å². The highest BCUT2D eigenvalue weighted by Gasteiger charge is 2.19. The lowest BCUT2D eigenvalue weighted by Gasteiger charge is -2.17. The van der Waals surface area contributed by atoms with E-state index < -0.39 is 10.8 Å². The first-order valence-corrected chi connectivity index (χ1v) is 8.06. The fourth-order valence-electron chi connectivity index (χ4n) is 1.99. The van der Waals surface area contributed by atoms with Gasteiger partial charge in [0.25, 0.3) is 0 Å². The van der Waals surface area contributed by atoms with E-state index >= 15 is 0 Å². The predicted octanol–water partition coefficient (Wildman–Crippen LogP) is 2.99. The summed E-state index contributed by atoms with van der Waals surface area (Å²) in [6, 6.07) is 4.30. The normalized spacial score (nSPS) is 13.9. The van der Waals surface area contributed by atoms with Gasteiger partial charge < -0.3 is 4.40 Å². The van der Waals surface area contributed by atoms with Crippen molar-refractivity contribution >= 4 is 16.3 Å². The van der Waals surface area contributed by atoms with E-state index in [0.29, 0.717) is 5.75 Å². The van der Waals surface area contributed by atoms with Crippen LogP contribution in [-0.4, -0.2) is 24.1 Å². The largest absolute Gasteiger partial charge is 0.306 e. The molecule has 3 nitrogen and oxygen atoms in total. The summed E-state index contributed by atoms with van der Waals surface area (Å²) in [4.78, 5) is 4.45. The molecule has 2 rings (SSSR count). The van der Waals surface area contributed by atoms with Crippen LogP contribution in [0.25, 0.3) is 5.52 Å². The number of hydrogen-bond acceptors (Lipinski definition) is 2. The minimum Gasteiger partial charge on any atom is -0.306 e. The van der Waals surface area contributed by atoms with Crippen LogP contribution in [0.2, 0.25) is 0 Å². The fourth-order valence-corrected chi connectivity index (χ4v) is 2.98. The van der Waals surface area contributed by atoms with Crippen LogP contribution < -0.4 is 0 Å². The second-order valence-corrected chi connectivity index (χ2v) is 8.11. The molecule has 0 spiro atoms. The van der Waals surface area contributed by atoms with Crippen LogP contribution >= 0.6 is 0 Å². The lowest BCUT2D eigenvalue weighted by atomic mass is 10.2. The molecule has 0 radical (unpaired) electrons. The molecule has 0 aliphatic rings. The first-order valence-electron chi connectivity index (χ1n) is 6.74. The van der Waals surface area contributed by atoms with Crippen LogP contribution in [0.4, 0.5) is 0 Å². The van der Waals surface area contributed by atoms with Crippen LogP contribution in [0.3, 0.4) is 0 Å². The van der Waals surface area contributed by atoms with Gasteiger partial charge in [0.1, 0.15) is 0 Å². The van der Waals surface area contributed by atoms with E-state index in [2.05, 4.69) is 24.0 Å². The van der Waals surface area contributed by atoms with E-state index in [1.165, 1.54) is 5.56 Å². The summed E-state index contributed by atoms with van der Waals surface area (Å²) in [5, 5.41) is 0. The van der Waals surface area contributed by atoms with Gasteiger partial charge in [-0.3, -0.25) is 4.21 Å². The summed E-state index contributed by atoms with van der Waals surface area (Å²) in [5.41, 5.74) is 3.50. The second kappa shape index (κ2) is 5.45. The third-order valence-corrected chi connectivity index (χ3v) is 5.24.